The molecular weight excluding hydrogens is 466 g/mol. The van der Waals surface area contributed by atoms with Crippen molar-refractivity contribution in [3.05, 3.63) is 59.7 Å². The molecule has 4 aromatic rings. The first-order valence-corrected chi connectivity index (χ1v) is 13.3. The van der Waals surface area contributed by atoms with Crippen LogP contribution in [0, 0.1) is 12.8 Å². The summed E-state index contributed by atoms with van der Waals surface area (Å²) >= 11 is 0. The van der Waals surface area contributed by atoms with Crippen molar-refractivity contribution in [1.82, 2.24) is 29.2 Å². The standard InChI is InChI=1S/C28H31N7O2/c1-17-19(13-33-11-9-22(36)15-33)14-35(32-17)26-8-10-29-28(31-26)30-20-4-7-25-23(12-20)24(27(37)18-2-3-18)16-34(25)21-5-6-21/h4,7-8,10,12,14,16,18,21-22,36H,2-3,5-6,9,11,13,15H2,1H3,(H,29,30,31). The van der Waals surface area contributed by atoms with Crippen LogP contribution in [0.1, 0.15) is 59.8 Å². The second-order valence-corrected chi connectivity index (χ2v) is 10.8. The Kier molecular flexibility index (Phi) is 5.37. The number of likely N-dealkylation sites (tertiary alicyclic amines) is 1. The van der Waals surface area contributed by atoms with Crippen molar-refractivity contribution in [1.29, 1.82) is 0 Å². The third kappa shape index (κ3) is 4.42. The highest BCUT2D eigenvalue weighted by Crippen LogP contribution is 2.42. The first kappa shape index (κ1) is 22.6. The number of β-amino-alcohol motifs (C(OH)–C–C–N with tert-alkyl or cyclic N) is 1. The summed E-state index contributed by atoms with van der Waals surface area (Å²) in [6.45, 7) is 4.37. The third-order valence-electron chi connectivity index (χ3n) is 7.76. The second kappa shape index (κ2) is 8.78. The minimum Gasteiger partial charge on any atom is -0.392 e. The molecule has 1 saturated heterocycles. The van der Waals surface area contributed by atoms with Crippen LogP contribution in [0.25, 0.3) is 16.7 Å². The SMILES string of the molecule is Cc1nn(-c2ccnc(Nc3ccc4c(c3)c(C(=O)C3CC3)cn4C3CC3)n2)cc1CN1CCC(O)C1. The largest absolute Gasteiger partial charge is 0.392 e. The first-order valence-electron chi connectivity index (χ1n) is 13.3. The number of aliphatic hydroxyl groups is 1. The third-order valence-corrected chi connectivity index (χ3v) is 7.76. The van der Waals surface area contributed by atoms with E-state index in [1.165, 1.54) is 12.8 Å². The number of carbonyl (C=O) groups excluding carboxylic acids is 1. The molecule has 3 aromatic heterocycles. The number of aromatic nitrogens is 5. The van der Waals surface area contributed by atoms with Crippen LogP contribution in [0.5, 0.6) is 0 Å². The van der Waals surface area contributed by atoms with E-state index in [1.54, 1.807) is 10.9 Å². The molecule has 0 spiro atoms. The molecule has 9 nitrogen and oxygen atoms in total. The molecule has 1 aromatic carbocycles. The van der Waals surface area contributed by atoms with Gasteiger partial charge in [0.2, 0.25) is 5.95 Å². The van der Waals surface area contributed by atoms with Gasteiger partial charge in [-0.1, -0.05) is 0 Å². The summed E-state index contributed by atoms with van der Waals surface area (Å²) in [7, 11) is 0. The van der Waals surface area contributed by atoms with Gasteiger partial charge in [0, 0.05) is 84.0 Å². The van der Waals surface area contributed by atoms with Gasteiger partial charge in [-0.25, -0.2) is 9.67 Å². The summed E-state index contributed by atoms with van der Waals surface area (Å²) in [4.78, 5) is 24.4. The molecule has 1 atom stereocenters. The summed E-state index contributed by atoms with van der Waals surface area (Å²) < 4.78 is 4.07. The molecule has 190 valence electrons. The number of nitrogens with zero attached hydrogens (tertiary/aromatic N) is 6. The number of anilines is 2. The number of hydrogen-bond acceptors (Lipinski definition) is 7. The van der Waals surface area contributed by atoms with Crippen LogP contribution >= 0.6 is 0 Å². The average Bonchev–Trinajstić information content (AvgIpc) is 3.81. The Morgan fingerprint density at radius 2 is 2.00 bits per heavy atom. The van der Waals surface area contributed by atoms with Crippen LogP contribution in [-0.2, 0) is 6.54 Å². The van der Waals surface area contributed by atoms with Crippen LogP contribution in [0.3, 0.4) is 0 Å². The maximum Gasteiger partial charge on any atom is 0.229 e. The molecule has 1 unspecified atom stereocenters. The molecule has 0 radical (unpaired) electrons. The second-order valence-electron chi connectivity index (χ2n) is 10.8. The number of rotatable bonds is 8. The number of Topliss-reactive ketones (excluding diaryl/α,β-unsaturated/α-hetero) is 1. The van der Waals surface area contributed by atoms with Gasteiger partial charge in [0.1, 0.15) is 0 Å². The van der Waals surface area contributed by atoms with Crippen LogP contribution in [0.4, 0.5) is 11.6 Å². The topological polar surface area (TPSA) is 101 Å². The Labute approximate surface area is 215 Å². The summed E-state index contributed by atoms with van der Waals surface area (Å²) in [5.74, 6) is 1.62. The molecule has 3 aliphatic rings. The Balaban J connectivity index is 1.15. The summed E-state index contributed by atoms with van der Waals surface area (Å²) in [6.07, 6.45) is 10.7. The zero-order valence-corrected chi connectivity index (χ0v) is 21.0. The predicted octanol–water partition coefficient (Wildman–Crippen LogP) is 4.16. The molecule has 37 heavy (non-hydrogen) atoms. The van der Waals surface area contributed by atoms with Crippen molar-refractivity contribution in [2.75, 3.05) is 18.4 Å². The molecule has 9 heteroatoms. The predicted molar refractivity (Wildman–Crippen MR) is 140 cm³/mol. The van der Waals surface area contributed by atoms with Gasteiger partial charge >= 0.3 is 0 Å². The lowest BCUT2D eigenvalue weighted by molar-refractivity contribution is 0.0969. The lowest BCUT2D eigenvalue weighted by atomic mass is 10.1. The minimum atomic E-state index is -0.236. The van der Waals surface area contributed by atoms with Gasteiger partial charge in [0.05, 0.1) is 11.8 Å². The average molecular weight is 498 g/mol. The van der Waals surface area contributed by atoms with Crippen molar-refractivity contribution in [3.8, 4) is 5.82 Å². The highest BCUT2D eigenvalue weighted by Gasteiger charge is 2.34. The van der Waals surface area contributed by atoms with Crippen LogP contribution in [0.2, 0.25) is 0 Å². The Morgan fingerprint density at radius 3 is 2.76 bits per heavy atom. The molecule has 2 saturated carbocycles. The molecule has 0 bridgehead atoms. The van der Waals surface area contributed by atoms with Crippen molar-refractivity contribution in [3.63, 3.8) is 0 Å². The van der Waals surface area contributed by atoms with E-state index < -0.39 is 0 Å². The van der Waals surface area contributed by atoms with Gasteiger partial charge in [-0.3, -0.25) is 9.69 Å². The molecule has 1 aliphatic heterocycles. The molecule has 2 N–H and O–H groups in total. The van der Waals surface area contributed by atoms with E-state index in [0.29, 0.717) is 24.4 Å². The molecule has 7 rings (SSSR count). The fourth-order valence-electron chi connectivity index (χ4n) is 5.38. The van der Waals surface area contributed by atoms with E-state index in [2.05, 4.69) is 43.2 Å². The van der Waals surface area contributed by atoms with E-state index >= 15 is 0 Å². The Morgan fingerprint density at radius 1 is 1.14 bits per heavy atom. The molecule has 2 aliphatic carbocycles. The Bertz CT molecular complexity index is 1500. The summed E-state index contributed by atoms with van der Waals surface area (Å²) in [6, 6.07) is 8.54. The smallest absolute Gasteiger partial charge is 0.229 e. The zero-order chi connectivity index (χ0) is 25.1. The van der Waals surface area contributed by atoms with Crippen molar-refractivity contribution >= 4 is 28.3 Å². The van der Waals surface area contributed by atoms with Gasteiger partial charge in [0.25, 0.3) is 0 Å². The summed E-state index contributed by atoms with van der Waals surface area (Å²) in [5, 5.41) is 18.9. The highest BCUT2D eigenvalue weighted by atomic mass is 16.3. The monoisotopic (exact) mass is 497 g/mol. The fourth-order valence-corrected chi connectivity index (χ4v) is 5.38. The van der Waals surface area contributed by atoms with Gasteiger partial charge in [-0.05, 0) is 57.2 Å². The summed E-state index contributed by atoms with van der Waals surface area (Å²) in [5.41, 5.74) is 4.89. The first-order chi connectivity index (χ1) is 18.0. The van der Waals surface area contributed by atoms with E-state index in [4.69, 9.17) is 4.98 Å². The number of aryl methyl sites for hydroxylation is 1. The number of hydrogen-bond donors (Lipinski definition) is 2. The van der Waals surface area contributed by atoms with E-state index in [0.717, 1.165) is 65.8 Å². The van der Waals surface area contributed by atoms with Crippen molar-refractivity contribution in [2.45, 2.75) is 57.7 Å². The van der Waals surface area contributed by atoms with Crippen molar-refractivity contribution < 1.29 is 9.90 Å². The maximum atomic E-state index is 13.0. The number of benzene rings is 1. The van der Waals surface area contributed by atoms with Gasteiger partial charge in [-0.2, -0.15) is 10.1 Å². The quantitative estimate of drug-likeness (QED) is 0.353. The number of nitrogens with one attached hydrogen (secondary N) is 1. The molecular formula is C28H31N7O2. The van der Waals surface area contributed by atoms with Gasteiger partial charge in [-0.15, -0.1) is 0 Å². The normalized spacial score (nSPS) is 20.1. The minimum absolute atomic E-state index is 0.188. The molecule has 4 heterocycles. The van der Waals surface area contributed by atoms with Crippen LogP contribution in [-0.4, -0.2) is 59.3 Å². The maximum absolute atomic E-state index is 13.0. The molecule has 0 amide bonds. The number of fused-ring (bicyclic) bond motifs is 1. The van der Waals surface area contributed by atoms with Crippen LogP contribution < -0.4 is 5.32 Å². The van der Waals surface area contributed by atoms with Crippen molar-refractivity contribution in [2.24, 2.45) is 5.92 Å². The van der Waals surface area contributed by atoms with Gasteiger partial charge in [0.15, 0.2) is 11.6 Å². The van der Waals surface area contributed by atoms with E-state index in [-0.39, 0.29) is 17.8 Å². The number of aliphatic hydroxyl groups excluding tert-OH is 1. The molecule has 3 fully saturated rings. The van der Waals surface area contributed by atoms with E-state index in [1.807, 2.05) is 25.3 Å². The zero-order valence-electron chi connectivity index (χ0n) is 21.0. The van der Waals surface area contributed by atoms with E-state index in [9.17, 15) is 9.90 Å². The lowest BCUT2D eigenvalue weighted by Gasteiger charge is -2.13. The highest BCUT2D eigenvalue weighted by molar-refractivity contribution is 6.10. The fraction of sp³-hybridized carbons (Fsp3) is 0.429. The van der Waals surface area contributed by atoms with Crippen LogP contribution in [0.15, 0.2) is 42.9 Å². The Hall–Kier alpha value is -3.56. The lowest BCUT2D eigenvalue weighted by Crippen LogP contribution is -2.21. The number of carbonyl (C=O) groups is 1. The number of ketones is 1. The van der Waals surface area contributed by atoms with Gasteiger partial charge < -0.3 is 15.0 Å².